The smallest absolute Gasteiger partial charge is 0.274 e. The van der Waals surface area contributed by atoms with E-state index in [9.17, 15) is 8.42 Å². The first-order chi connectivity index (χ1) is 13.9. The molecule has 0 radical (unpaired) electrons. The summed E-state index contributed by atoms with van der Waals surface area (Å²) >= 11 is 7.46. The summed E-state index contributed by atoms with van der Waals surface area (Å²) in [5.74, 6) is 0.524. The molecule has 0 aliphatic carbocycles. The fraction of sp³-hybridized carbons (Fsp3) is 0.190. The Hall–Kier alpha value is -2.53. The molecule has 8 heteroatoms. The average molecular weight is 445 g/mol. The van der Waals surface area contributed by atoms with Crippen LogP contribution in [0.5, 0.6) is 5.75 Å². The molecule has 29 heavy (non-hydrogen) atoms. The predicted molar refractivity (Wildman–Crippen MR) is 115 cm³/mol. The number of fused-ring (bicyclic) bond motifs is 1. The number of sulfonamides is 1. The van der Waals surface area contributed by atoms with Gasteiger partial charge >= 0.3 is 0 Å². The lowest BCUT2D eigenvalue weighted by Gasteiger charge is -2.30. The van der Waals surface area contributed by atoms with E-state index in [1.165, 1.54) is 15.6 Å². The highest BCUT2D eigenvalue weighted by Crippen LogP contribution is 2.40. The Morgan fingerprint density at radius 3 is 2.62 bits per heavy atom. The molecule has 0 saturated carbocycles. The summed E-state index contributed by atoms with van der Waals surface area (Å²) in [6.07, 6.45) is 0.795. The van der Waals surface area contributed by atoms with Crippen molar-refractivity contribution in [2.24, 2.45) is 0 Å². The third-order valence-corrected chi connectivity index (χ3v) is 8.56. The van der Waals surface area contributed by atoms with Crippen molar-refractivity contribution in [1.82, 2.24) is 0 Å². The van der Waals surface area contributed by atoms with E-state index in [1.54, 1.807) is 36.4 Å². The van der Waals surface area contributed by atoms with Crippen LogP contribution in [0.2, 0.25) is 5.02 Å². The molecule has 4 rings (SSSR count). The third kappa shape index (κ3) is 3.60. The summed E-state index contributed by atoms with van der Waals surface area (Å²) in [4.78, 5) is 1.03. The second-order valence-electron chi connectivity index (χ2n) is 6.49. The van der Waals surface area contributed by atoms with Crippen LogP contribution in [0, 0.1) is 11.3 Å². The molecular weight excluding hydrogens is 428 g/mol. The number of anilines is 1. The highest BCUT2D eigenvalue weighted by molar-refractivity contribution is 7.94. The highest BCUT2D eigenvalue weighted by Gasteiger charge is 2.31. The van der Waals surface area contributed by atoms with Crippen molar-refractivity contribution in [2.75, 3.05) is 17.5 Å². The molecule has 1 aromatic heterocycles. The van der Waals surface area contributed by atoms with Gasteiger partial charge in [0.25, 0.3) is 10.0 Å². The van der Waals surface area contributed by atoms with Gasteiger partial charge in [0.1, 0.15) is 22.6 Å². The van der Waals surface area contributed by atoms with Crippen LogP contribution < -0.4 is 9.04 Å². The zero-order valence-corrected chi connectivity index (χ0v) is 17.9. The number of aryl methyl sites for hydroxylation is 1. The molecule has 0 bridgehead atoms. The number of ether oxygens (including phenoxy) is 1. The van der Waals surface area contributed by atoms with Gasteiger partial charge in [0.05, 0.1) is 22.8 Å². The van der Waals surface area contributed by atoms with E-state index in [2.05, 4.69) is 0 Å². The van der Waals surface area contributed by atoms with Crippen molar-refractivity contribution in [3.8, 4) is 22.9 Å². The van der Waals surface area contributed by atoms with E-state index in [0.29, 0.717) is 32.8 Å². The largest absolute Gasteiger partial charge is 0.489 e. The van der Waals surface area contributed by atoms with Crippen LogP contribution >= 0.6 is 22.9 Å². The van der Waals surface area contributed by atoms with E-state index in [4.69, 9.17) is 21.6 Å². The van der Waals surface area contributed by atoms with Crippen LogP contribution in [-0.4, -0.2) is 21.6 Å². The van der Waals surface area contributed by atoms with Crippen molar-refractivity contribution < 1.29 is 13.2 Å². The number of thiophene rings is 1. The number of benzene rings is 2. The fourth-order valence-corrected chi connectivity index (χ4v) is 6.29. The lowest BCUT2D eigenvalue weighted by molar-refractivity contribution is 0.316. The molecular formula is C21H17ClN2O3S2. The molecule has 2 aromatic carbocycles. The maximum absolute atomic E-state index is 13.3. The standard InChI is InChI=1S/C21H17ClN2O3S2/c1-2-17-6-8-21(28-17)29(25,26)24-9-10-27-20-7-5-15(12-19(20)24)14-3-4-16(13-23)18(22)11-14/h3-8,11-12H,2,9-10H2,1H3. The molecule has 0 atom stereocenters. The first kappa shape index (κ1) is 19.8. The van der Waals surface area contributed by atoms with Crippen molar-refractivity contribution >= 4 is 38.6 Å². The predicted octanol–water partition coefficient (Wildman–Crippen LogP) is 5.09. The summed E-state index contributed by atoms with van der Waals surface area (Å²) in [6.45, 7) is 2.54. The number of rotatable bonds is 4. The topological polar surface area (TPSA) is 70.4 Å². The summed E-state index contributed by atoms with van der Waals surface area (Å²) in [6, 6.07) is 16.1. The molecule has 0 saturated heterocycles. The minimum Gasteiger partial charge on any atom is -0.489 e. The third-order valence-electron chi connectivity index (χ3n) is 4.73. The average Bonchev–Trinajstić information content (AvgIpc) is 3.23. The zero-order valence-electron chi connectivity index (χ0n) is 15.6. The molecule has 1 aliphatic heterocycles. The number of hydrogen-bond acceptors (Lipinski definition) is 5. The Morgan fingerprint density at radius 2 is 1.93 bits per heavy atom. The quantitative estimate of drug-likeness (QED) is 0.562. The van der Waals surface area contributed by atoms with E-state index in [0.717, 1.165) is 22.4 Å². The SMILES string of the molecule is CCc1ccc(S(=O)(=O)N2CCOc3ccc(-c4ccc(C#N)c(Cl)c4)cc32)s1. The second-order valence-corrected chi connectivity index (χ2v) is 10.2. The first-order valence-electron chi connectivity index (χ1n) is 9.02. The van der Waals surface area contributed by atoms with E-state index in [-0.39, 0.29) is 6.54 Å². The Balaban J connectivity index is 1.78. The van der Waals surface area contributed by atoms with Crippen LogP contribution in [0.3, 0.4) is 0 Å². The number of halogens is 1. The van der Waals surface area contributed by atoms with Crippen LogP contribution in [0.1, 0.15) is 17.4 Å². The van der Waals surface area contributed by atoms with Gasteiger partial charge in [-0.25, -0.2) is 8.42 Å². The van der Waals surface area contributed by atoms with Crippen molar-refractivity contribution in [3.63, 3.8) is 0 Å². The number of nitrogens with zero attached hydrogens (tertiary/aromatic N) is 2. The highest BCUT2D eigenvalue weighted by atomic mass is 35.5. The van der Waals surface area contributed by atoms with Crippen molar-refractivity contribution in [3.05, 3.63) is 64.0 Å². The molecule has 0 amide bonds. The van der Waals surface area contributed by atoms with Gasteiger partial charge in [-0.15, -0.1) is 11.3 Å². The Labute approximate surface area is 178 Å². The summed E-state index contributed by atoms with van der Waals surface area (Å²) in [5.41, 5.74) is 2.48. The van der Waals surface area contributed by atoms with Crippen LogP contribution in [0.4, 0.5) is 5.69 Å². The molecule has 0 spiro atoms. The zero-order chi connectivity index (χ0) is 20.6. The maximum Gasteiger partial charge on any atom is 0.274 e. The van der Waals surface area contributed by atoms with E-state index < -0.39 is 10.0 Å². The Bertz CT molecular complexity index is 1230. The summed E-state index contributed by atoms with van der Waals surface area (Å²) < 4.78 is 34.0. The molecule has 2 heterocycles. The van der Waals surface area contributed by atoms with Gasteiger partial charge in [0, 0.05) is 4.88 Å². The summed E-state index contributed by atoms with van der Waals surface area (Å²) in [5, 5.41) is 9.42. The molecule has 3 aromatic rings. The van der Waals surface area contributed by atoms with E-state index >= 15 is 0 Å². The normalized spacial score (nSPS) is 13.5. The molecule has 1 aliphatic rings. The number of nitriles is 1. The van der Waals surface area contributed by atoms with E-state index in [1.807, 2.05) is 25.1 Å². The van der Waals surface area contributed by atoms with Gasteiger partial charge in [-0.05, 0) is 53.9 Å². The van der Waals surface area contributed by atoms with Gasteiger partial charge in [-0.3, -0.25) is 4.31 Å². The minimum absolute atomic E-state index is 0.242. The van der Waals surface area contributed by atoms with Gasteiger partial charge in [0.15, 0.2) is 0 Å². The van der Waals surface area contributed by atoms with Gasteiger partial charge in [-0.1, -0.05) is 30.7 Å². The maximum atomic E-state index is 13.3. The Morgan fingerprint density at radius 1 is 1.17 bits per heavy atom. The summed E-state index contributed by atoms with van der Waals surface area (Å²) in [7, 11) is -3.68. The van der Waals surface area contributed by atoms with Crippen molar-refractivity contribution in [1.29, 1.82) is 5.26 Å². The van der Waals surface area contributed by atoms with Crippen molar-refractivity contribution in [2.45, 2.75) is 17.6 Å². The van der Waals surface area contributed by atoms with Crippen LogP contribution in [0.15, 0.2) is 52.7 Å². The lowest BCUT2D eigenvalue weighted by atomic mass is 10.0. The number of hydrogen-bond donors (Lipinski definition) is 0. The van der Waals surface area contributed by atoms with Gasteiger partial charge in [0.2, 0.25) is 0 Å². The van der Waals surface area contributed by atoms with Crippen LogP contribution in [0.25, 0.3) is 11.1 Å². The first-order valence-corrected chi connectivity index (χ1v) is 11.7. The molecule has 148 valence electrons. The minimum atomic E-state index is -3.68. The molecule has 0 fully saturated rings. The molecule has 0 unspecified atom stereocenters. The molecule has 0 N–H and O–H groups in total. The molecule has 5 nitrogen and oxygen atoms in total. The van der Waals surface area contributed by atoms with Crippen LogP contribution in [-0.2, 0) is 16.4 Å². The fourth-order valence-electron chi connectivity index (χ4n) is 3.20. The van der Waals surface area contributed by atoms with Gasteiger partial charge < -0.3 is 4.74 Å². The monoisotopic (exact) mass is 444 g/mol. The Kier molecular flexibility index (Phi) is 5.26. The second kappa shape index (κ2) is 7.71. The lowest BCUT2D eigenvalue weighted by Crippen LogP contribution is -2.37. The van der Waals surface area contributed by atoms with Gasteiger partial charge in [-0.2, -0.15) is 5.26 Å².